The second kappa shape index (κ2) is 5.90. The maximum absolute atomic E-state index is 11.4. The third-order valence-electron chi connectivity index (χ3n) is 2.59. The van der Waals surface area contributed by atoms with Crippen molar-refractivity contribution >= 4 is 5.69 Å². The molecule has 0 bridgehead atoms. The molecule has 0 aliphatic carbocycles. The summed E-state index contributed by atoms with van der Waals surface area (Å²) in [5.41, 5.74) is 5.46. The molecule has 0 aliphatic rings. The fourth-order valence-electron chi connectivity index (χ4n) is 1.61. The number of aromatic nitrogens is 2. The van der Waals surface area contributed by atoms with E-state index >= 15 is 0 Å². The molecule has 2 rings (SSSR count). The monoisotopic (exact) mass is 261 g/mol. The summed E-state index contributed by atoms with van der Waals surface area (Å²) in [4.78, 5) is 24.5. The molecular weight excluding hydrogens is 246 g/mol. The Morgan fingerprint density at radius 1 is 1.16 bits per heavy atom. The highest BCUT2D eigenvalue weighted by Crippen LogP contribution is 2.13. The number of hydrogen-bond donors (Lipinski definition) is 2. The van der Waals surface area contributed by atoms with Gasteiger partial charge in [0.15, 0.2) is 0 Å². The number of benzene rings is 1. The van der Waals surface area contributed by atoms with Gasteiger partial charge in [-0.05, 0) is 30.7 Å². The first-order chi connectivity index (χ1) is 9.15. The maximum atomic E-state index is 11.4. The highest BCUT2D eigenvalue weighted by molar-refractivity contribution is 5.41. The number of anilines is 1. The Bertz CT molecular complexity index is 643. The average Bonchev–Trinajstić information content (AvgIpc) is 2.39. The normalized spacial score (nSPS) is 10.3. The smallest absolute Gasteiger partial charge is 0.328 e. The molecule has 19 heavy (non-hydrogen) atoms. The number of rotatable bonds is 5. The molecule has 0 fully saturated rings. The van der Waals surface area contributed by atoms with Crippen LogP contribution in [-0.2, 0) is 6.54 Å². The number of aryl methyl sites for hydroxylation is 1. The van der Waals surface area contributed by atoms with E-state index in [0.29, 0.717) is 25.3 Å². The Morgan fingerprint density at radius 2 is 1.89 bits per heavy atom. The summed E-state index contributed by atoms with van der Waals surface area (Å²) in [6.07, 6.45) is 2.14. The number of aromatic amines is 1. The Labute approximate surface area is 109 Å². The zero-order chi connectivity index (χ0) is 13.7. The van der Waals surface area contributed by atoms with Crippen molar-refractivity contribution in [3.8, 4) is 5.75 Å². The van der Waals surface area contributed by atoms with Crippen LogP contribution in [0.25, 0.3) is 0 Å². The molecule has 0 radical (unpaired) electrons. The van der Waals surface area contributed by atoms with Gasteiger partial charge >= 0.3 is 5.69 Å². The number of nitrogen functional groups attached to an aromatic ring is 1. The third-order valence-corrected chi connectivity index (χ3v) is 2.59. The molecule has 0 amide bonds. The van der Waals surface area contributed by atoms with Gasteiger partial charge in [-0.1, -0.05) is 0 Å². The molecule has 1 aromatic carbocycles. The lowest BCUT2D eigenvalue weighted by Gasteiger charge is -2.07. The molecule has 1 aromatic heterocycles. The van der Waals surface area contributed by atoms with E-state index in [9.17, 15) is 9.59 Å². The van der Waals surface area contributed by atoms with Crippen LogP contribution >= 0.6 is 0 Å². The highest BCUT2D eigenvalue weighted by atomic mass is 16.5. The van der Waals surface area contributed by atoms with Gasteiger partial charge in [-0.2, -0.15) is 0 Å². The standard InChI is InChI=1S/C13H15N3O3/c14-10-2-4-11(5-3-10)19-9-1-7-16-8-6-12(17)15-13(16)18/h2-6,8H,1,7,9,14H2,(H,15,17,18). The van der Waals surface area contributed by atoms with Gasteiger partial charge in [-0.15, -0.1) is 0 Å². The Balaban J connectivity index is 1.82. The van der Waals surface area contributed by atoms with Crippen molar-refractivity contribution in [2.45, 2.75) is 13.0 Å². The van der Waals surface area contributed by atoms with Crippen LogP contribution in [-0.4, -0.2) is 16.2 Å². The van der Waals surface area contributed by atoms with Crippen molar-refractivity contribution < 1.29 is 4.74 Å². The summed E-state index contributed by atoms with van der Waals surface area (Å²) in [7, 11) is 0. The molecule has 1 heterocycles. The molecule has 0 aliphatic heterocycles. The Hall–Kier alpha value is -2.50. The zero-order valence-electron chi connectivity index (χ0n) is 10.3. The van der Waals surface area contributed by atoms with Crippen LogP contribution in [0.15, 0.2) is 46.1 Å². The summed E-state index contributed by atoms with van der Waals surface area (Å²) >= 11 is 0. The minimum Gasteiger partial charge on any atom is -0.494 e. The summed E-state index contributed by atoms with van der Waals surface area (Å²) < 4.78 is 6.94. The molecule has 0 unspecified atom stereocenters. The fraction of sp³-hybridized carbons (Fsp3) is 0.231. The number of ether oxygens (including phenoxy) is 1. The number of nitrogens with one attached hydrogen (secondary N) is 1. The van der Waals surface area contributed by atoms with Crippen LogP contribution in [0.2, 0.25) is 0 Å². The van der Waals surface area contributed by atoms with Gasteiger partial charge in [-0.3, -0.25) is 9.78 Å². The molecule has 0 saturated carbocycles. The van der Waals surface area contributed by atoms with Crippen molar-refractivity contribution in [3.05, 3.63) is 57.4 Å². The number of nitrogens with zero attached hydrogens (tertiary/aromatic N) is 1. The van der Waals surface area contributed by atoms with Crippen molar-refractivity contribution in [3.63, 3.8) is 0 Å². The van der Waals surface area contributed by atoms with Gasteiger partial charge < -0.3 is 15.0 Å². The molecule has 0 spiro atoms. The SMILES string of the molecule is Nc1ccc(OCCCn2ccc(=O)[nH]c2=O)cc1. The molecule has 2 aromatic rings. The van der Waals surface area contributed by atoms with E-state index in [1.54, 1.807) is 24.3 Å². The van der Waals surface area contributed by atoms with E-state index in [4.69, 9.17) is 10.5 Å². The van der Waals surface area contributed by atoms with E-state index < -0.39 is 5.69 Å². The molecule has 3 N–H and O–H groups in total. The maximum Gasteiger partial charge on any atom is 0.328 e. The first-order valence-electron chi connectivity index (χ1n) is 5.93. The average molecular weight is 261 g/mol. The second-order valence-corrected chi connectivity index (χ2v) is 4.07. The first-order valence-corrected chi connectivity index (χ1v) is 5.93. The van der Waals surface area contributed by atoms with Gasteiger partial charge in [0.2, 0.25) is 0 Å². The molecule has 0 saturated heterocycles. The Kier molecular flexibility index (Phi) is 4.02. The Morgan fingerprint density at radius 3 is 2.58 bits per heavy atom. The minimum absolute atomic E-state index is 0.389. The van der Waals surface area contributed by atoms with Crippen LogP contribution in [0, 0.1) is 0 Å². The van der Waals surface area contributed by atoms with Gasteiger partial charge in [-0.25, -0.2) is 4.79 Å². The van der Waals surface area contributed by atoms with Crippen LogP contribution in [0.5, 0.6) is 5.75 Å². The van der Waals surface area contributed by atoms with Gasteiger partial charge in [0.25, 0.3) is 5.56 Å². The third kappa shape index (κ3) is 3.74. The number of H-pyrrole nitrogens is 1. The molecule has 6 nitrogen and oxygen atoms in total. The zero-order valence-corrected chi connectivity index (χ0v) is 10.3. The lowest BCUT2D eigenvalue weighted by molar-refractivity contribution is 0.300. The summed E-state index contributed by atoms with van der Waals surface area (Å²) in [5.74, 6) is 0.739. The molecule has 100 valence electrons. The second-order valence-electron chi connectivity index (χ2n) is 4.07. The lowest BCUT2D eigenvalue weighted by Crippen LogP contribution is -2.29. The molecular formula is C13H15N3O3. The van der Waals surface area contributed by atoms with E-state index in [2.05, 4.69) is 4.98 Å². The van der Waals surface area contributed by atoms with E-state index in [-0.39, 0.29) is 5.56 Å². The topological polar surface area (TPSA) is 90.1 Å². The van der Waals surface area contributed by atoms with E-state index in [0.717, 1.165) is 5.75 Å². The van der Waals surface area contributed by atoms with E-state index in [1.807, 2.05) is 0 Å². The van der Waals surface area contributed by atoms with Crippen molar-refractivity contribution in [1.29, 1.82) is 0 Å². The van der Waals surface area contributed by atoms with Crippen molar-refractivity contribution in [2.24, 2.45) is 0 Å². The number of nitrogens with two attached hydrogens (primary N) is 1. The largest absolute Gasteiger partial charge is 0.494 e. The molecule has 0 atom stereocenters. The van der Waals surface area contributed by atoms with Gasteiger partial charge in [0, 0.05) is 24.5 Å². The molecule has 6 heteroatoms. The summed E-state index contributed by atoms with van der Waals surface area (Å²) in [5, 5.41) is 0. The number of hydrogen-bond acceptors (Lipinski definition) is 4. The van der Waals surface area contributed by atoms with Gasteiger partial charge in [0.05, 0.1) is 6.61 Å². The summed E-state index contributed by atoms with van der Waals surface area (Å²) in [6.45, 7) is 0.972. The fourth-order valence-corrected chi connectivity index (χ4v) is 1.61. The first kappa shape index (κ1) is 12.9. The summed E-state index contributed by atoms with van der Waals surface area (Å²) in [6, 6.07) is 8.44. The predicted octanol–water partition coefficient (Wildman–Crippen LogP) is 0.588. The van der Waals surface area contributed by atoms with Crippen LogP contribution in [0.4, 0.5) is 5.69 Å². The van der Waals surface area contributed by atoms with Gasteiger partial charge in [0.1, 0.15) is 5.75 Å². The quantitative estimate of drug-likeness (QED) is 0.608. The predicted molar refractivity (Wildman–Crippen MR) is 72.3 cm³/mol. The minimum atomic E-state index is -0.403. The van der Waals surface area contributed by atoms with Crippen LogP contribution < -0.4 is 21.7 Å². The highest BCUT2D eigenvalue weighted by Gasteiger charge is 1.97. The van der Waals surface area contributed by atoms with Crippen molar-refractivity contribution in [1.82, 2.24) is 9.55 Å². The lowest BCUT2D eigenvalue weighted by atomic mass is 10.3. The van der Waals surface area contributed by atoms with E-state index in [1.165, 1.54) is 16.8 Å². The van der Waals surface area contributed by atoms with Crippen LogP contribution in [0.1, 0.15) is 6.42 Å². The van der Waals surface area contributed by atoms with Crippen LogP contribution in [0.3, 0.4) is 0 Å². The van der Waals surface area contributed by atoms with Crippen molar-refractivity contribution in [2.75, 3.05) is 12.3 Å².